The smallest absolute Gasteiger partial charge is 0.234 e. The summed E-state index contributed by atoms with van der Waals surface area (Å²) in [5, 5.41) is 3.22. The molecule has 18 heavy (non-hydrogen) atoms. The van der Waals surface area contributed by atoms with Crippen molar-refractivity contribution in [2.24, 2.45) is 17.6 Å². The summed E-state index contributed by atoms with van der Waals surface area (Å²) in [6.07, 6.45) is 4.69. The second kappa shape index (κ2) is 6.02. The highest BCUT2D eigenvalue weighted by atomic mass is 16.2. The van der Waals surface area contributed by atoms with Crippen molar-refractivity contribution in [3.63, 3.8) is 0 Å². The third-order valence-corrected chi connectivity index (χ3v) is 4.73. The minimum Gasteiger partial charge on any atom is -0.352 e. The van der Waals surface area contributed by atoms with E-state index in [2.05, 4.69) is 24.1 Å². The third-order valence-electron chi connectivity index (χ3n) is 4.73. The Kier molecular flexibility index (Phi) is 4.62. The van der Waals surface area contributed by atoms with Crippen molar-refractivity contribution in [3.8, 4) is 0 Å². The zero-order chi connectivity index (χ0) is 13.1. The molecule has 3 N–H and O–H groups in total. The summed E-state index contributed by atoms with van der Waals surface area (Å²) in [7, 11) is 0. The first-order valence-corrected chi connectivity index (χ1v) is 7.33. The first kappa shape index (κ1) is 13.8. The molecule has 0 aromatic heterocycles. The zero-order valence-electron chi connectivity index (χ0n) is 11.7. The van der Waals surface area contributed by atoms with E-state index in [9.17, 15) is 4.79 Å². The lowest BCUT2D eigenvalue weighted by Crippen LogP contribution is -2.47. The summed E-state index contributed by atoms with van der Waals surface area (Å²) >= 11 is 0. The molecule has 1 amide bonds. The quantitative estimate of drug-likeness (QED) is 0.787. The molecule has 0 radical (unpaired) electrons. The van der Waals surface area contributed by atoms with Gasteiger partial charge in [-0.1, -0.05) is 26.7 Å². The van der Waals surface area contributed by atoms with Gasteiger partial charge in [0.2, 0.25) is 5.91 Å². The van der Waals surface area contributed by atoms with Gasteiger partial charge in [-0.3, -0.25) is 9.69 Å². The average molecular weight is 253 g/mol. The minimum atomic E-state index is 0.176. The summed E-state index contributed by atoms with van der Waals surface area (Å²) in [6.45, 7) is 6.91. The van der Waals surface area contributed by atoms with Gasteiger partial charge in [0.25, 0.3) is 0 Å². The Morgan fingerprint density at radius 1 is 1.33 bits per heavy atom. The lowest BCUT2D eigenvalue weighted by Gasteiger charge is -2.35. The molecular weight excluding hydrogens is 226 g/mol. The molecule has 4 heteroatoms. The lowest BCUT2D eigenvalue weighted by molar-refractivity contribution is -0.123. The van der Waals surface area contributed by atoms with Gasteiger partial charge in [0.05, 0.1) is 6.54 Å². The van der Waals surface area contributed by atoms with E-state index in [0.29, 0.717) is 18.5 Å². The van der Waals surface area contributed by atoms with Crippen LogP contribution in [0.25, 0.3) is 0 Å². The standard InChI is InChI=1S/C14H27N3O/c1-10-4-3-5-13(11(10)2)16-14(18)9-17-7-6-12(15)8-17/h10-13H,3-9,15H2,1-2H3,(H,16,18). The molecular formula is C14H27N3O. The van der Waals surface area contributed by atoms with E-state index < -0.39 is 0 Å². The highest BCUT2D eigenvalue weighted by Crippen LogP contribution is 2.29. The number of amides is 1. The Labute approximate surface area is 110 Å². The van der Waals surface area contributed by atoms with E-state index in [0.717, 1.165) is 31.8 Å². The molecule has 0 aromatic rings. The van der Waals surface area contributed by atoms with Crippen molar-refractivity contribution < 1.29 is 4.79 Å². The number of rotatable bonds is 3. The topological polar surface area (TPSA) is 58.4 Å². The molecule has 2 rings (SSSR count). The first-order chi connectivity index (χ1) is 8.56. The van der Waals surface area contributed by atoms with Gasteiger partial charge in [-0.25, -0.2) is 0 Å². The fraction of sp³-hybridized carbons (Fsp3) is 0.929. The van der Waals surface area contributed by atoms with E-state index in [1.54, 1.807) is 0 Å². The molecule has 2 fully saturated rings. The number of nitrogens with zero attached hydrogens (tertiary/aromatic N) is 1. The molecule has 1 aliphatic carbocycles. The monoisotopic (exact) mass is 253 g/mol. The molecule has 1 aliphatic heterocycles. The van der Waals surface area contributed by atoms with Crippen LogP contribution in [0.3, 0.4) is 0 Å². The predicted octanol–water partition coefficient (Wildman–Crippen LogP) is 0.960. The van der Waals surface area contributed by atoms with Crippen LogP contribution in [0.1, 0.15) is 39.5 Å². The number of carbonyl (C=O) groups excluding carboxylic acids is 1. The van der Waals surface area contributed by atoms with E-state index in [1.165, 1.54) is 12.8 Å². The molecule has 0 aromatic carbocycles. The van der Waals surface area contributed by atoms with Gasteiger partial charge < -0.3 is 11.1 Å². The third kappa shape index (κ3) is 3.45. The van der Waals surface area contributed by atoms with Crippen molar-refractivity contribution in [2.75, 3.05) is 19.6 Å². The molecule has 2 aliphatic rings. The summed E-state index contributed by atoms with van der Waals surface area (Å²) in [5.41, 5.74) is 5.85. The van der Waals surface area contributed by atoms with Crippen LogP contribution in [0.5, 0.6) is 0 Å². The summed E-state index contributed by atoms with van der Waals surface area (Å²) < 4.78 is 0. The zero-order valence-corrected chi connectivity index (χ0v) is 11.7. The van der Waals surface area contributed by atoms with Gasteiger partial charge in [-0.15, -0.1) is 0 Å². The van der Waals surface area contributed by atoms with Gasteiger partial charge in [0.1, 0.15) is 0 Å². The van der Waals surface area contributed by atoms with Gasteiger partial charge in [-0.2, -0.15) is 0 Å². The summed E-state index contributed by atoms with van der Waals surface area (Å²) in [5.74, 6) is 1.50. The number of likely N-dealkylation sites (tertiary alicyclic amines) is 1. The Morgan fingerprint density at radius 3 is 2.78 bits per heavy atom. The molecule has 0 spiro atoms. The SMILES string of the molecule is CC1CCCC(NC(=O)CN2CCC(N)C2)C1C. The fourth-order valence-corrected chi connectivity index (χ4v) is 3.25. The molecule has 1 heterocycles. The molecule has 104 valence electrons. The van der Waals surface area contributed by atoms with Crippen LogP contribution in [-0.2, 0) is 4.79 Å². The van der Waals surface area contributed by atoms with E-state index in [-0.39, 0.29) is 11.9 Å². The Hall–Kier alpha value is -0.610. The van der Waals surface area contributed by atoms with Gasteiger partial charge >= 0.3 is 0 Å². The van der Waals surface area contributed by atoms with Crippen molar-refractivity contribution in [1.29, 1.82) is 0 Å². The normalized spacial score (nSPS) is 37.7. The number of carbonyl (C=O) groups is 1. The van der Waals surface area contributed by atoms with Crippen LogP contribution in [0, 0.1) is 11.8 Å². The van der Waals surface area contributed by atoms with Gasteiger partial charge in [0, 0.05) is 25.2 Å². The molecule has 0 bridgehead atoms. The highest BCUT2D eigenvalue weighted by molar-refractivity contribution is 5.78. The van der Waals surface area contributed by atoms with Crippen LogP contribution in [-0.4, -0.2) is 42.5 Å². The Morgan fingerprint density at radius 2 is 2.11 bits per heavy atom. The van der Waals surface area contributed by atoms with Crippen LogP contribution < -0.4 is 11.1 Å². The summed E-state index contributed by atoms with van der Waals surface area (Å²) in [4.78, 5) is 14.2. The van der Waals surface area contributed by atoms with Crippen LogP contribution in [0.4, 0.5) is 0 Å². The van der Waals surface area contributed by atoms with Crippen molar-refractivity contribution >= 4 is 5.91 Å². The van der Waals surface area contributed by atoms with Gasteiger partial charge in [0.15, 0.2) is 0 Å². The molecule has 4 atom stereocenters. The van der Waals surface area contributed by atoms with Crippen LogP contribution in [0.15, 0.2) is 0 Å². The van der Waals surface area contributed by atoms with E-state index >= 15 is 0 Å². The van der Waals surface area contributed by atoms with E-state index in [4.69, 9.17) is 5.73 Å². The summed E-state index contributed by atoms with van der Waals surface area (Å²) in [6, 6.07) is 0.629. The average Bonchev–Trinajstić information content (AvgIpc) is 2.70. The Balaban J connectivity index is 1.76. The molecule has 1 saturated heterocycles. The van der Waals surface area contributed by atoms with E-state index in [1.807, 2.05) is 0 Å². The Bertz CT molecular complexity index is 295. The van der Waals surface area contributed by atoms with Crippen LogP contribution >= 0.6 is 0 Å². The van der Waals surface area contributed by atoms with Gasteiger partial charge in [-0.05, 0) is 24.7 Å². The van der Waals surface area contributed by atoms with Crippen molar-refractivity contribution in [3.05, 3.63) is 0 Å². The second-order valence-corrected chi connectivity index (χ2v) is 6.23. The van der Waals surface area contributed by atoms with Crippen molar-refractivity contribution in [1.82, 2.24) is 10.2 Å². The number of hydrogen-bond acceptors (Lipinski definition) is 3. The number of nitrogens with one attached hydrogen (secondary N) is 1. The van der Waals surface area contributed by atoms with Crippen molar-refractivity contribution in [2.45, 2.75) is 51.6 Å². The molecule has 4 nitrogen and oxygen atoms in total. The lowest BCUT2D eigenvalue weighted by atomic mass is 9.78. The molecule has 4 unspecified atom stereocenters. The highest BCUT2D eigenvalue weighted by Gasteiger charge is 2.29. The largest absolute Gasteiger partial charge is 0.352 e. The maximum Gasteiger partial charge on any atom is 0.234 e. The molecule has 1 saturated carbocycles. The predicted molar refractivity (Wildman–Crippen MR) is 73.1 cm³/mol. The fourth-order valence-electron chi connectivity index (χ4n) is 3.25. The second-order valence-electron chi connectivity index (χ2n) is 6.23. The number of nitrogens with two attached hydrogens (primary N) is 1. The minimum absolute atomic E-state index is 0.176. The maximum atomic E-state index is 12.0. The first-order valence-electron chi connectivity index (χ1n) is 7.33. The number of hydrogen-bond donors (Lipinski definition) is 2. The van der Waals surface area contributed by atoms with Crippen LogP contribution in [0.2, 0.25) is 0 Å². The maximum absolute atomic E-state index is 12.0.